The molecule has 0 fully saturated rings. The van der Waals surface area contributed by atoms with Gasteiger partial charge in [0.05, 0.1) is 11.8 Å². The van der Waals surface area contributed by atoms with Gasteiger partial charge in [-0.1, -0.05) is 6.07 Å². The van der Waals surface area contributed by atoms with Gasteiger partial charge in [-0.2, -0.15) is 5.10 Å². The molecule has 0 atom stereocenters. The Morgan fingerprint density at radius 3 is 2.35 bits per heavy atom. The highest BCUT2D eigenvalue weighted by molar-refractivity contribution is 5.97. The predicted octanol–water partition coefficient (Wildman–Crippen LogP) is 3.51. The zero-order valence-electron chi connectivity index (χ0n) is 17.3. The summed E-state index contributed by atoms with van der Waals surface area (Å²) in [6.07, 6.45) is 1.56. The summed E-state index contributed by atoms with van der Waals surface area (Å²) in [5.74, 6) is -1.59. The molecule has 2 aromatic carbocycles. The van der Waals surface area contributed by atoms with E-state index >= 15 is 0 Å². The summed E-state index contributed by atoms with van der Waals surface area (Å²) in [5, 5.41) is 15.7. The average molecular weight is 418 g/mol. The maximum atomic E-state index is 12.3. The van der Waals surface area contributed by atoms with Crippen LogP contribution in [0.2, 0.25) is 0 Å². The van der Waals surface area contributed by atoms with Crippen molar-refractivity contribution in [1.29, 1.82) is 0 Å². The summed E-state index contributed by atoms with van der Waals surface area (Å²) in [6, 6.07) is 15.1. The number of amides is 2. The predicted molar refractivity (Wildman–Crippen MR) is 118 cm³/mol. The first-order valence-corrected chi connectivity index (χ1v) is 9.50. The summed E-state index contributed by atoms with van der Waals surface area (Å²) in [7, 11) is 0. The smallest absolute Gasteiger partial charge is 0.335 e. The number of nitrogens with zero attached hydrogens (tertiary/aromatic N) is 2. The minimum absolute atomic E-state index is 0.219. The van der Waals surface area contributed by atoms with Crippen molar-refractivity contribution in [2.24, 2.45) is 5.10 Å². The van der Waals surface area contributed by atoms with Crippen LogP contribution in [-0.4, -0.2) is 33.7 Å². The number of hydrogen-bond acceptors (Lipinski definition) is 4. The van der Waals surface area contributed by atoms with E-state index in [9.17, 15) is 14.4 Å². The van der Waals surface area contributed by atoms with E-state index in [1.807, 2.05) is 24.5 Å². The van der Waals surface area contributed by atoms with Crippen LogP contribution in [0.15, 0.2) is 59.7 Å². The molecule has 31 heavy (non-hydrogen) atoms. The van der Waals surface area contributed by atoms with E-state index in [2.05, 4.69) is 15.8 Å². The molecule has 158 valence electrons. The number of rotatable bonds is 6. The zero-order chi connectivity index (χ0) is 22.5. The minimum Gasteiger partial charge on any atom is -0.478 e. The van der Waals surface area contributed by atoms with E-state index in [1.165, 1.54) is 6.92 Å². The van der Waals surface area contributed by atoms with Gasteiger partial charge in [0.1, 0.15) is 0 Å². The molecular weight excluding hydrogens is 396 g/mol. The lowest BCUT2D eigenvalue weighted by atomic mass is 10.2. The van der Waals surface area contributed by atoms with Gasteiger partial charge in [0.15, 0.2) is 0 Å². The number of aromatic carboxylic acids is 1. The van der Waals surface area contributed by atoms with Crippen LogP contribution in [0.1, 0.15) is 44.6 Å². The largest absolute Gasteiger partial charge is 0.478 e. The second kappa shape index (κ2) is 9.08. The summed E-state index contributed by atoms with van der Waals surface area (Å²) >= 11 is 0. The fraction of sp³-hybridized carbons (Fsp3) is 0.130. The third-order valence-electron chi connectivity index (χ3n) is 4.66. The Morgan fingerprint density at radius 1 is 1.00 bits per heavy atom. The van der Waals surface area contributed by atoms with E-state index < -0.39 is 11.9 Å². The highest BCUT2D eigenvalue weighted by atomic mass is 16.4. The number of aryl methyl sites for hydroxylation is 1. The Labute approximate surface area is 179 Å². The van der Waals surface area contributed by atoms with E-state index in [1.54, 1.807) is 54.7 Å². The molecule has 3 rings (SSSR count). The molecule has 8 heteroatoms. The molecule has 0 aliphatic rings. The average Bonchev–Trinajstić information content (AvgIpc) is 3.01. The minimum atomic E-state index is -0.973. The fourth-order valence-corrected chi connectivity index (χ4v) is 3.24. The van der Waals surface area contributed by atoms with Gasteiger partial charge >= 0.3 is 5.97 Å². The molecule has 1 heterocycles. The lowest BCUT2D eigenvalue weighted by molar-refractivity contribution is -0.114. The maximum Gasteiger partial charge on any atom is 0.335 e. The summed E-state index contributed by atoms with van der Waals surface area (Å²) < 4.78 is 1.98. The van der Waals surface area contributed by atoms with Gasteiger partial charge in [-0.3, -0.25) is 9.59 Å². The third kappa shape index (κ3) is 5.05. The van der Waals surface area contributed by atoms with Crippen molar-refractivity contribution >= 4 is 29.7 Å². The Bertz CT molecular complexity index is 1180. The number of benzene rings is 2. The molecule has 3 N–H and O–H groups in total. The highest BCUT2D eigenvalue weighted by Crippen LogP contribution is 2.20. The fourth-order valence-electron chi connectivity index (χ4n) is 3.24. The Hall–Kier alpha value is -4.20. The SMILES string of the molecule is CC(=O)Nc1cccc(C(=O)NN=Cc2cc(C)n(-c3ccc(C(=O)O)cc3)c2C)c1. The second-order valence-electron chi connectivity index (χ2n) is 6.98. The number of hydrogen-bond donors (Lipinski definition) is 3. The summed E-state index contributed by atoms with van der Waals surface area (Å²) in [6.45, 7) is 5.24. The van der Waals surface area contributed by atoms with E-state index in [4.69, 9.17) is 5.11 Å². The van der Waals surface area contributed by atoms with Gasteiger partial charge in [0.2, 0.25) is 5.91 Å². The van der Waals surface area contributed by atoms with Crippen LogP contribution in [0.3, 0.4) is 0 Å². The topological polar surface area (TPSA) is 113 Å². The number of aromatic nitrogens is 1. The molecule has 0 saturated carbocycles. The molecule has 8 nitrogen and oxygen atoms in total. The Kier molecular flexibility index (Phi) is 6.30. The maximum absolute atomic E-state index is 12.3. The molecular formula is C23H22N4O4. The normalized spacial score (nSPS) is 10.8. The second-order valence-corrected chi connectivity index (χ2v) is 6.98. The number of hydrazone groups is 1. The Morgan fingerprint density at radius 2 is 1.71 bits per heavy atom. The molecule has 0 unspecified atom stereocenters. The van der Waals surface area contributed by atoms with E-state index in [0.29, 0.717) is 11.3 Å². The molecule has 0 radical (unpaired) electrons. The number of carboxylic acid groups (broad SMARTS) is 1. The standard InChI is InChI=1S/C23H22N4O4/c1-14-11-19(15(2)27(14)21-9-7-17(8-10-21)23(30)31)13-24-26-22(29)18-5-4-6-20(12-18)25-16(3)28/h4-13H,1-3H3,(H,25,28)(H,26,29)(H,30,31). The molecule has 0 bridgehead atoms. The first kappa shape index (κ1) is 21.5. The van der Waals surface area contributed by atoms with Crippen LogP contribution in [0.5, 0.6) is 0 Å². The third-order valence-corrected chi connectivity index (χ3v) is 4.66. The van der Waals surface area contributed by atoms with Crippen molar-refractivity contribution in [3.8, 4) is 5.69 Å². The highest BCUT2D eigenvalue weighted by Gasteiger charge is 2.11. The molecule has 0 spiro atoms. The van der Waals surface area contributed by atoms with Crippen LogP contribution in [0.25, 0.3) is 5.69 Å². The van der Waals surface area contributed by atoms with Gasteiger partial charge in [-0.05, 0) is 62.4 Å². The van der Waals surface area contributed by atoms with Crippen LogP contribution in [0, 0.1) is 13.8 Å². The van der Waals surface area contributed by atoms with Crippen LogP contribution in [-0.2, 0) is 4.79 Å². The van der Waals surface area contributed by atoms with E-state index in [-0.39, 0.29) is 11.5 Å². The van der Waals surface area contributed by atoms with Crippen molar-refractivity contribution in [1.82, 2.24) is 9.99 Å². The van der Waals surface area contributed by atoms with Gasteiger partial charge in [-0.15, -0.1) is 0 Å². The van der Waals surface area contributed by atoms with E-state index in [0.717, 1.165) is 22.6 Å². The molecule has 3 aromatic rings. The van der Waals surface area contributed by atoms with Gasteiger partial charge in [0, 0.05) is 40.8 Å². The first-order valence-electron chi connectivity index (χ1n) is 9.50. The van der Waals surface area contributed by atoms with Crippen molar-refractivity contribution in [2.45, 2.75) is 20.8 Å². The lowest BCUT2D eigenvalue weighted by Gasteiger charge is -2.09. The van der Waals surface area contributed by atoms with Crippen molar-refractivity contribution in [3.63, 3.8) is 0 Å². The lowest BCUT2D eigenvalue weighted by Crippen LogP contribution is -2.18. The summed E-state index contributed by atoms with van der Waals surface area (Å²) in [5.41, 5.74) is 7.08. The van der Waals surface area contributed by atoms with Gasteiger partial charge in [0.25, 0.3) is 5.91 Å². The van der Waals surface area contributed by atoms with Crippen molar-refractivity contribution in [2.75, 3.05) is 5.32 Å². The van der Waals surface area contributed by atoms with Gasteiger partial charge < -0.3 is 15.0 Å². The first-order chi connectivity index (χ1) is 14.8. The summed E-state index contributed by atoms with van der Waals surface area (Å²) in [4.78, 5) is 34.6. The molecule has 0 aliphatic heterocycles. The van der Waals surface area contributed by atoms with Crippen LogP contribution >= 0.6 is 0 Å². The molecule has 0 saturated heterocycles. The Balaban J connectivity index is 1.75. The number of carboxylic acids is 1. The molecule has 2 amide bonds. The van der Waals surface area contributed by atoms with Crippen LogP contribution in [0.4, 0.5) is 5.69 Å². The number of carbonyl (C=O) groups excluding carboxylic acids is 2. The quantitative estimate of drug-likeness (QED) is 0.420. The van der Waals surface area contributed by atoms with Crippen molar-refractivity contribution < 1.29 is 19.5 Å². The zero-order valence-corrected chi connectivity index (χ0v) is 17.3. The number of nitrogens with one attached hydrogen (secondary N) is 2. The monoisotopic (exact) mass is 418 g/mol. The number of anilines is 1. The molecule has 0 aliphatic carbocycles. The van der Waals surface area contributed by atoms with Crippen LogP contribution < -0.4 is 10.7 Å². The van der Waals surface area contributed by atoms with Gasteiger partial charge in [-0.25, -0.2) is 10.2 Å². The number of carbonyl (C=O) groups is 3. The molecule has 1 aromatic heterocycles. The van der Waals surface area contributed by atoms with Crippen molar-refractivity contribution in [3.05, 3.63) is 82.7 Å².